The Hall–Kier alpha value is -1.21. The van der Waals surface area contributed by atoms with E-state index in [1.807, 2.05) is 13.8 Å². The van der Waals surface area contributed by atoms with Gasteiger partial charge in [0, 0.05) is 6.54 Å². The summed E-state index contributed by atoms with van der Waals surface area (Å²) in [6.45, 7) is 4.61. The second-order valence-electron chi connectivity index (χ2n) is 4.77. The molecule has 1 amide bonds. The number of carbonyl (C=O) groups is 2. The maximum Gasteiger partial charge on any atom is 0.331 e. The van der Waals surface area contributed by atoms with Gasteiger partial charge in [-0.3, -0.25) is 4.79 Å². The van der Waals surface area contributed by atoms with Crippen LogP contribution in [0.1, 0.15) is 13.8 Å². The molecular formula is C12H20N2O4S. The van der Waals surface area contributed by atoms with Crippen molar-refractivity contribution in [2.24, 2.45) is 17.6 Å². The molecular weight excluding hydrogens is 268 g/mol. The molecule has 0 radical (unpaired) electrons. The molecule has 6 nitrogen and oxygen atoms in total. The fraction of sp³-hybridized carbons (Fsp3) is 0.750. The molecule has 2 N–H and O–H groups in total. The highest BCUT2D eigenvalue weighted by Gasteiger charge is 2.38. The quantitative estimate of drug-likeness (QED) is 0.577. The van der Waals surface area contributed by atoms with Crippen LogP contribution in [0.4, 0.5) is 0 Å². The van der Waals surface area contributed by atoms with Gasteiger partial charge >= 0.3 is 5.97 Å². The molecule has 0 saturated carbocycles. The van der Waals surface area contributed by atoms with Gasteiger partial charge in [0.1, 0.15) is 0 Å². The van der Waals surface area contributed by atoms with Gasteiger partial charge < -0.3 is 20.1 Å². The third-order valence-corrected chi connectivity index (χ3v) is 3.38. The topological polar surface area (TPSA) is 81.9 Å². The summed E-state index contributed by atoms with van der Waals surface area (Å²) in [5.74, 6) is -1.31. The van der Waals surface area contributed by atoms with Crippen molar-refractivity contribution in [1.29, 1.82) is 0 Å². The first-order valence-corrected chi connectivity index (χ1v) is 6.56. The van der Waals surface area contributed by atoms with Crippen molar-refractivity contribution >= 4 is 29.1 Å². The van der Waals surface area contributed by atoms with Crippen LogP contribution < -0.4 is 5.73 Å². The highest BCUT2D eigenvalue weighted by atomic mass is 32.1. The lowest BCUT2D eigenvalue weighted by Gasteiger charge is -2.36. The largest absolute Gasteiger partial charge is 0.467 e. The Morgan fingerprint density at radius 3 is 2.58 bits per heavy atom. The third-order valence-electron chi connectivity index (χ3n) is 3.12. The van der Waals surface area contributed by atoms with Crippen molar-refractivity contribution < 1.29 is 19.1 Å². The van der Waals surface area contributed by atoms with Crippen LogP contribution in [0.15, 0.2) is 0 Å². The van der Waals surface area contributed by atoms with E-state index in [0.717, 1.165) is 0 Å². The summed E-state index contributed by atoms with van der Waals surface area (Å²) >= 11 is 4.95. The van der Waals surface area contributed by atoms with E-state index in [2.05, 4.69) is 0 Å². The Bertz CT molecular complexity index is 373. The predicted octanol–water partition coefficient (Wildman–Crippen LogP) is -0.0549. The lowest BCUT2D eigenvalue weighted by Crippen LogP contribution is -2.56. The number of ether oxygens (including phenoxy) is 2. The van der Waals surface area contributed by atoms with E-state index in [-0.39, 0.29) is 23.4 Å². The van der Waals surface area contributed by atoms with E-state index in [4.69, 9.17) is 27.4 Å². The SMILES string of the molecule is COC(=O)C1COCCN1C(=O)C(C(N)=S)C(C)C. The summed E-state index contributed by atoms with van der Waals surface area (Å²) in [5.41, 5.74) is 5.64. The molecule has 0 spiro atoms. The molecule has 1 aliphatic rings. The Morgan fingerprint density at radius 2 is 2.11 bits per heavy atom. The molecule has 1 aliphatic heterocycles. The third kappa shape index (κ3) is 3.63. The molecule has 0 aromatic carbocycles. The summed E-state index contributed by atoms with van der Waals surface area (Å²) in [7, 11) is 1.28. The number of thiocarbonyl (C=S) groups is 1. The summed E-state index contributed by atoms with van der Waals surface area (Å²) in [6.07, 6.45) is 0. The lowest BCUT2D eigenvalue weighted by atomic mass is 9.93. The molecule has 0 aromatic heterocycles. The molecule has 2 unspecified atom stereocenters. The van der Waals surface area contributed by atoms with Crippen molar-refractivity contribution in [3.63, 3.8) is 0 Å². The molecule has 1 saturated heterocycles. The minimum atomic E-state index is -0.721. The average Bonchev–Trinajstić information content (AvgIpc) is 2.36. The predicted molar refractivity (Wildman–Crippen MR) is 73.4 cm³/mol. The number of morpholine rings is 1. The van der Waals surface area contributed by atoms with E-state index in [1.165, 1.54) is 12.0 Å². The van der Waals surface area contributed by atoms with Crippen LogP contribution in [0, 0.1) is 11.8 Å². The first-order chi connectivity index (χ1) is 8.90. The van der Waals surface area contributed by atoms with Crippen molar-refractivity contribution in [3.05, 3.63) is 0 Å². The number of nitrogens with zero attached hydrogens (tertiary/aromatic N) is 1. The van der Waals surface area contributed by atoms with Crippen LogP contribution in [-0.4, -0.2) is 54.7 Å². The van der Waals surface area contributed by atoms with Crippen molar-refractivity contribution in [1.82, 2.24) is 4.90 Å². The van der Waals surface area contributed by atoms with Gasteiger partial charge in [0.15, 0.2) is 6.04 Å². The zero-order valence-electron chi connectivity index (χ0n) is 11.4. The van der Waals surface area contributed by atoms with E-state index < -0.39 is 17.9 Å². The van der Waals surface area contributed by atoms with Gasteiger partial charge in [-0.2, -0.15) is 0 Å². The highest BCUT2D eigenvalue weighted by molar-refractivity contribution is 7.80. The van der Waals surface area contributed by atoms with E-state index >= 15 is 0 Å². The molecule has 0 bridgehead atoms. The molecule has 0 aromatic rings. The van der Waals surface area contributed by atoms with Gasteiger partial charge in [-0.15, -0.1) is 0 Å². The number of hydrogen-bond acceptors (Lipinski definition) is 5. The number of amides is 1. The van der Waals surface area contributed by atoms with Crippen molar-refractivity contribution in [3.8, 4) is 0 Å². The van der Waals surface area contributed by atoms with Crippen LogP contribution in [0.3, 0.4) is 0 Å². The van der Waals surface area contributed by atoms with Gasteiger partial charge in [0.25, 0.3) is 0 Å². The smallest absolute Gasteiger partial charge is 0.331 e. The molecule has 0 aliphatic carbocycles. The van der Waals surface area contributed by atoms with Gasteiger partial charge in [0.05, 0.1) is 31.2 Å². The van der Waals surface area contributed by atoms with Crippen LogP contribution >= 0.6 is 12.2 Å². The number of methoxy groups -OCH3 is 1. The monoisotopic (exact) mass is 288 g/mol. The average molecular weight is 288 g/mol. The fourth-order valence-electron chi connectivity index (χ4n) is 2.11. The number of esters is 1. The molecule has 1 heterocycles. The minimum absolute atomic E-state index is 0.0221. The maximum absolute atomic E-state index is 12.5. The normalized spacial score (nSPS) is 21.1. The van der Waals surface area contributed by atoms with E-state index in [0.29, 0.717) is 13.2 Å². The summed E-state index contributed by atoms with van der Waals surface area (Å²) in [5, 5.41) is 0. The van der Waals surface area contributed by atoms with Crippen molar-refractivity contribution in [2.45, 2.75) is 19.9 Å². The van der Waals surface area contributed by atoms with Crippen LogP contribution in [0.5, 0.6) is 0 Å². The first kappa shape index (κ1) is 15.8. The van der Waals surface area contributed by atoms with E-state index in [9.17, 15) is 9.59 Å². The number of carbonyl (C=O) groups excluding carboxylic acids is 2. The molecule has 1 fully saturated rings. The molecule has 108 valence electrons. The standard InChI is InChI=1S/C12H20N2O4S/c1-7(2)9(10(13)19)11(15)14-4-5-18-6-8(14)12(16)17-3/h7-9H,4-6H2,1-3H3,(H2,13,19). The van der Waals surface area contributed by atoms with Crippen molar-refractivity contribution in [2.75, 3.05) is 26.9 Å². The minimum Gasteiger partial charge on any atom is -0.467 e. The molecule has 7 heteroatoms. The summed E-state index contributed by atoms with van der Waals surface area (Å²) in [6, 6.07) is -0.721. The molecule has 1 rings (SSSR count). The van der Waals surface area contributed by atoms with E-state index in [1.54, 1.807) is 0 Å². The Balaban J connectivity index is 2.93. The second kappa shape index (κ2) is 6.81. The van der Waals surface area contributed by atoms with Gasteiger partial charge in [-0.05, 0) is 5.92 Å². The first-order valence-electron chi connectivity index (χ1n) is 6.15. The lowest BCUT2D eigenvalue weighted by molar-refractivity contribution is -0.162. The molecule has 2 atom stereocenters. The Labute approximate surface area is 118 Å². The highest BCUT2D eigenvalue weighted by Crippen LogP contribution is 2.19. The van der Waals surface area contributed by atoms with Crippen LogP contribution in [-0.2, 0) is 19.1 Å². The van der Waals surface area contributed by atoms with Crippen LogP contribution in [0.2, 0.25) is 0 Å². The number of nitrogens with two attached hydrogens (primary N) is 1. The number of rotatable bonds is 4. The van der Waals surface area contributed by atoms with Gasteiger partial charge in [-0.1, -0.05) is 26.1 Å². The molecule has 19 heavy (non-hydrogen) atoms. The maximum atomic E-state index is 12.5. The number of hydrogen-bond donors (Lipinski definition) is 1. The zero-order chi connectivity index (χ0) is 14.6. The zero-order valence-corrected chi connectivity index (χ0v) is 12.2. The van der Waals surface area contributed by atoms with Crippen LogP contribution in [0.25, 0.3) is 0 Å². The summed E-state index contributed by atoms with van der Waals surface area (Å²) < 4.78 is 9.92. The fourth-order valence-corrected chi connectivity index (χ4v) is 2.49. The van der Waals surface area contributed by atoms with Gasteiger partial charge in [0.2, 0.25) is 5.91 Å². The van der Waals surface area contributed by atoms with Gasteiger partial charge in [-0.25, -0.2) is 4.79 Å². The Kier molecular flexibility index (Phi) is 5.68. The Morgan fingerprint density at radius 1 is 1.47 bits per heavy atom. The second-order valence-corrected chi connectivity index (χ2v) is 5.24. The summed E-state index contributed by atoms with van der Waals surface area (Å²) in [4.78, 5) is 25.8.